The van der Waals surface area contributed by atoms with E-state index in [0.29, 0.717) is 23.1 Å². The summed E-state index contributed by atoms with van der Waals surface area (Å²) in [6.45, 7) is 9.37. The third-order valence-electron chi connectivity index (χ3n) is 5.17. The van der Waals surface area contributed by atoms with Crippen molar-refractivity contribution in [1.29, 1.82) is 5.26 Å². The minimum atomic E-state index is -1.01. The number of amides is 1. The number of hydrogen-bond donors (Lipinski definition) is 2. The first-order valence-corrected chi connectivity index (χ1v) is 9.59. The number of rotatable bonds is 4. The molecule has 1 amide bonds. The Hall–Kier alpha value is -2.72. The maximum Gasteiger partial charge on any atom is 0.249 e. The van der Waals surface area contributed by atoms with Crippen molar-refractivity contribution in [3.63, 3.8) is 0 Å². The molecule has 0 spiro atoms. The first-order chi connectivity index (χ1) is 13.2. The number of hydrogen-bond acceptors (Lipinski definition) is 6. The second-order valence-electron chi connectivity index (χ2n) is 8.64. The number of aliphatic hydroxyl groups excluding tert-OH is 1. The smallest absolute Gasteiger partial charge is 0.249 e. The summed E-state index contributed by atoms with van der Waals surface area (Å²) in [5, 5.41) is 22.4. The molecule has 28 heavy (non-hydrogen) atoms. The standard InChI is InChI=1S/C21H27N5O2/c1-13(2)19(27)20(28)25-15-9-21(3,4)12-26(11-15)16-6-5-14(10-22)17-18(16)24-8-7-23-17/h5-8,13,15,19,27H,9,11-12H2,1-4H3,(H,25,28)/t15-,19?/m1/s1. The van der Waals surface area contributed by atoms with E-state index in [2.05, 4.69) is 40.1 Å². The minimum absolute atomic E-state index is 0.0403. The highest BCUT2D eigenvalue weighted by atomic mass is 16.3. The van der Waals surface area contributed by atoms with Crippen LogP contribution in [0.15, 0.2) is 24.5 Å². The second-order valence-corrected chi connectivity index (χ2v) is 8.64. The Morgan fingerprint density at radius 3 is 2.64 bits per heavy atom. The molecule has 0 bridgehead atoms. The van der Waals surface area contributed by atoms with Gasteiger partial charge < -0.3 is 15.3 Å². The monoisotopic (exact) mass is 381 g/mol. The molecule has 1 fully saturated rings. The van der Waals surface area contributed by atoms with Crippen molar-refractivity contribution in [2.45, 2.75) is 46.3 Å². The van der Waals surface area contributed by atoms with Gasteiger partial charge in [-0.25, -0.2) is 0 Å². The van der Waals surface area contributed by atoms with E-state index in [-0.39, 0.29) is 23.3 Å². The maximum atomic E-state index is 12.4. The summed E-state index contributed by atoms with van der Waals surface area (Å²) in [6.07, 6.45) is 3.02. The van der Waals surface area contributed by atoms with E-state index in [4.69, 9.17) is 0 Å². The Labute approximate surface area is 165 Å². The number of aromatic nitrogens is 2. The SMILES string of the molecule is CC(C)C(O)C(=O)N[C@H]1CN(c2ccc(C#N)c3nccnc23)CC(C)(C)C1. The lowest BCUT2D eigenvalue weighted by Gasteiger charge is -2.44. The zero-order valence-electron chi connectivity index (χ0n) is 16.8. The van der Waals surface area contributed by atoms with Gasteiger partial charge in [0.15, 0.2) is 0 Å². The molecule has 2 N–H and O–H groups in total. The summed E-state index contributed by atoms with van der Waals surface area (Å²) in [7, 11) is 0. The van der Waals surface area contributed by atoms with Gasteiger partial charge in [-0.1, -0.05) is 27.7 Å². The Bertz CT molecular complexity index is 919. The Morgan fingerprint density at radius 1 is 1.32 bits per heavy atom. The molecule has 0 radical (unpaired) electrons. The van der Waals surface area contributed by atoms with Crippen LogP contribution < -0.4 is 10.2 Å². The lowest BCUT2D eigenvalue weighted by Crippen LogP contribution is -2.55. The number of aliphatic hydroxyl groups is 1. The first kappa shape index (κ1) is 20.0. The van der Waals surface area contributed by atoms with E-state index >= 15 is 0 Å². The van der Waals surface area contributed by atoms with Crippen LogP contribution in [0.25, 0.3) is 11.0 Å². The van der Waals surface area contributed by atoms with Gasteiger partial charge in [0.25, 0.3) is 0 Å². The Balaban J connectivity index is 1.91. The van der Waals surface area contributed by atoms with Gasteiger partial charge in [-0.3, -0.25) is 14.8 Å². The molecule has 1 unspecified atom stereocenters. The summed E-state index contributed by atoms with van der Waals surface area (Å²) in [4.78, 5) is 23.4. The summed E-state index contributed by atoms with van der Waals surface area (Å²) < 4.78 is 0. The van der Waals surface area contributed by atoms with Gasteiger partial charge >= 0.3 is 0 Å². The molecule has 1 aliphatic heterocycles. The number of benzene rings is 1. The molecule has 7 heteroatoms. The number of anilines is 1. The van der Waals surface area contributed by atoms with Gasteiger partial charge in [0, 0.05) is 31.5 Å². The normalized spacial score (nSPS) is 20.0. The topological polar surface area (TPSA) is 102 Å². The van der Waals surface area contributed by atoms with Gasteiger partial charge in [0.05, 0.1) is 11.3 Å². The molecule has 7 nitrogen and oxygen atoms in total. The number of carbonyl (C=O) groups is 1. The van der Waals surface area contributed by atoms with Crippen LogP contribution in [0.3, 0.4) is 0 Å². The van der Waals surface area contributed by atoms with E-state index < -0.39 is 6.10 Å². The molecule has 0 saturated carbocycles. The van der Waals surface area contributed by atoms with Crippen LogP contribution in [0.4, 0.5) is 5.69 Å². The lowest BCUT2D eigenvalue weighted by atomic mass is 9.81. The van der Waals surface area contributed by atoms with Crippen LogP contribution in [-0.2, 0) is 4.79 Å². The van der Waals surface area contributed by atoms with Crippen LogP contribution in [0.2, 0.25) is 0 Å². The van der Waals surface area contributed by atoms with Crippen LogP contribution in [0.5, 0.6) is 0 Å². The molecule has 2 heterocycles. The van der Waals surface area contributed by atoms with Crippen molar-refractivity contribution >= 4 is 22.6 Å². The largest absolute Gasteiger partial charge is 0.383 e. The number of nitrogens with one attached hydrogen (secondary N) is 1. The first-order valence-electron chi connectivity index (χ1n) is 9.59. The highest BCUT2D eigenvalue weighted by Gasteiger charge is 2.35. The summed E-state index contributed by atoms with van der Waals surface area (Å²) in [5.41, 5.74) is 2.63. The third kappa shape index (κ3) is 4.07. The van der Waals surface area contributed by atoms with Crippen molar-refractivity contribution in [3.05, 3.63) is 30.1 Å². The highest BCUT2D eigenvalue weighted by Crippen LogP contribution is 2.35. The molecule has 3 rings (SSSR count). The summed E-state index contributed by atoms with van der Waals surface area (Å²) in [6, 6.07) is 5.75. The molecule has 0 aliphatic carbocycles. The van der Waals surface area contributed by atoms with Crippen molar-refractivity contribution in [2.24, 2.45) is 11.3 Å². The molecular weight excluding hydrogens is 354 g/mol. The van der Waals surface area contributed by atoms with Crippen molar-refractivity contribution in [3.8, 4) is 6.07 Å². The zero-order valence-corrected chi connectivity index (χ0v) is 16.8. The van der Waals surface area contributed by atoms with E-state index in [0.717, 1.165) is 18.7 Å². The quantitative estimate of drug-likeness (QED) is 0.842. The zero-order chi connectivity index (χ0) is 20.5. The van der Waals surface area contributed by atoms with E-state index in [1.165, 1.54) is 0 Å². The van der Waals surface area contributed by atoms with Crippen LogP contribution in [-0.4, -0.2) is 46.2 Å². The van der Waals surface area contributed by atoms with Gasteiger partial charge in [0.2, 0.25) is 5.91 Å². The molecule has 1 aromatic heterocycles. The molecule has 1 aliphatic rings. The predicted octanol–water partition coefficient (Wildman–Crippen LogP) is 2.24. The van der Waals surface area contributed by atoms with Crippen molar-refractivity contribution in [1.82, 2.24) is 15.3 Å². The average Bonchev–Trinajstić information content (AvgIpc) is 2.64. The molecule has 1 aromatic carbocycles. The Kier molecular flexibility index (Phi) is 5.52. The third-order valence-corrected chi connectivity index (χ3v) is 5.17. The molecular formula is C21H27N5O2. The molecule has 1 saturated heterocycles. The predicted molar refractivity (Wildman–Crippen MR) is 108 cm³/mol. The van der Waals surface area contributed by atoms with Crippen LogP contribution >= 0.6 is 0 Å². The van der Waals surface area contributed by atoms with Crippen LogP contribution in [0, 0.1) is 22.7 Å². The molecule has 2 aromatic rings. The van der Waals surface area contributed by atoms with Crippen molar-refractivity contribution in [2.75, 3.05) is 18.0 Å². The van der Waals surface area contributed by atoms with Gasteiger partial charge in [-0.05, 0) is 29.9 Å². The second kappa shape index (κ2) is 7.72. The fraction of sp³-hybridized carbons (Fsp3) is 0.524. The lowest BCUT2D eigenvalue weighted by molar-refractivity contribution is -0.132. The number of fused-ring (bicyclic) bond motifs is 1. The number of carbonyl (C=O) groups excluding carboxylic acids is 1. The van der Waals surface area contributed by atoms with Crippen LogP contribution in [0.1, 0.15) is 39.7 Å². The minimum Gasteiger partial charge on any atom is -0.383 e. The Morgan fingerprint density at radius 2 is 2.00 bits per heavy atom. The number of nitriles is 1. The van der Waals surface area contributed by atoms with Crippen molar-refractivity contribution < 1.29 is 9.90 Å². The van der Waals surface area contributed by atoms with E-state index in [1.54, 1.807) is 18.5 Å². The van der Waals surface area contributed by atoms with E-state index in [9.17, 15) is 15.2 Å². The highest BCUT2D eigenvalue weighted by molar-refractivity contribution is 5.92. The number of nitrogens with zero attached hydrogens (tertiary/aromatic N) is 4. The maximum absolute atomic E-state index is 12.4. The van der Waals surface area contributed by atoms with Gasteiger partial charge in [-0.15, -0.1) is 0 Å². The van der Waals surface area contributed by atoms with Gasteiger partial charge in [-0.2, -0.15) is 5.26 Å². The van der Waals surface area contributed by atoms with Gasteiger partial charge in [0.1, 0.15) is 23.2 Å². The average molecular weight is 381 g/mol. The summed E-state index contributed by atoms with van der Waals surface area (Å²) in [5.74, 6) is -0.465. The summed E-state index contributed by atoms with van der Waals surface area (Å²) >= 11 is 0. The molecule has 2 atom stereocenters. The van der Waals surface area contributed by atoms with E-state index in [1.807, 2.05) is 19.9 Å². The fourth-order valence-corrected chi connectivity index (χ4v) is 3.90. The fourth-order valence-electron chi connectivity index (χ4n) is 3.90. The number of piperidine rings is 1. The molecule has 148 valence electrons.